The first-order valence-electron chi connectivity index (χ1n) is 15.1. The van der Waals surface area contributed by atoms with Crippen molar-refractivity contribution in [3.8, 4) is 0 Å². The first-order chi connectivity index (χ1) is 22.8. The molecule has 6 aromatic rings. The van der Waals surface area contributed by atoms with Crippen LogP contribution < -0.4 is 31.8 Å². The Bertz CT molecular complexity index is 1280. The van der Waals surface area contributed by atoms with Gasteiger partial charge in [-0.1, -0.05) is 182 Å². The van der Waals surface area contributed by atoms with Crippen molar-refractivity contribution in [2.45, 2.75) is 12.8 Å². The third-order valence-corrected chi connectivity index (χ3v) is 11.8. The van der Waals surface area contributed by atoms with Crippen LogP contribution in [0.1, 0.15) is 12.8 Å². The van der Waals surface area contributed by atoms with Crippen molar-refractivity contribution in [3.05, 3.63) is 182 Å². The number of hydrogen-bond donors (Lipinski definition) is 0. The standard InChI is InChI=1S/2C18H15P.C4H8O.2ClH.Pd/c2*1-4-10-16(11-5-1)19(17-12-6-2-7-13-17)18-14-8-3-9-15-18;1-2-4-5-3-1;;;/h2*1-15H;1-4H2;2*1H;/q;;;;;+2/p-2. The molecule has 0 radical (unpaired) electrons. The van der Waals surface area contributed by atoms with Gasteiger partial charge in [-0.3, -0.25) is 0 Å². The number of rotatable bonds is 6. The van der Waals surface area contributed by atoms with Crippen LogP contribution in [0.2, 0.25) is 0 Å². The minimum Gasteiger partial charge on any atom is -0.0622 e. The summed E-state index contributed by atoms with van der Waals surface area (Å²) in [6.07, 6.45) is 2.56. The van der Waals surface area contributed by atoms with Gasteiger partial charge >= 0.3 is 35.0 Å². The molecular weight excluding hydrogens is 736 g/mol. The molecular formula is C40H38Cl2OP2Pd. The van der Waals surface area contributed by atoms with Gasteiger partial charge in [-0.05, 0) is 60.5 Å². The Hall–Kier alpha value is -2.62. The van der Waals surface area contributed by atoms with E-state index < -0.39 is 15.8 Å². The Morgan fingerprint density at radius 3 is 0.652 bits per heavy atom. The van der Waals surface area contributed by atoms with Gasteiger partial charge in [0.1, 0.15) is 0 Å². The molecule has 0 unspecified atom stereocenters. The predicted octanol–water partition coefficient (Wildman–Crippen LogP) is 9.06. The van der Waals surface area contributed by atoms with E-state index in [0.717, 1.165) is 13.2 Å². The zero-order valence-corrected chi connectivity index (χ0v) is 30.4. The van der Waals surface area contributed by atoms with Gasteiger partial charge in [0.2, 0.25) is 0 Å². The SMILES string of the molecule is C1CCOC1.[Cl][Pd][Cl].c1ccc(P(c2ccccc2)c2ccccc2)cc1.c1ccc(P(c2ccccc2)c2ccccc2)cc1. The Kier molecular flexibility index (Phi) is 17.4. The van der Waals surface area contributed by atoms with Gasteiger partial charge in [0.25, 0.3) is 0 Å². The molecule has 6 heteroatoms. The maximum absolute atomic E-state index is 4.94. The fraction of sp³-hybridized carbons (Fsp3) is 0.100. The van der Waals surface area contributed by atoms with Gasteiger partial charge in [-0.15, -0.1) is 0 Å². The summed E-state index contributed by atoms with van der Waals surface area (Å²) in [5, 5.41) is 8.39. The summed E-state index contributed by atoms with van der Waals surface area (Å²) in [6.45, 7) is 2.00. The molecule has 0 amide bonds. The normalized spacial score (nSPS) is 11.8. The van der Waals surface area contributed by atoms with E-state index in [1.807, 2.05) is 0 Å². The largest absolute Gasteiger partial charge is 0.0622 e. The fourth-order valence-electron chi connectivity index (χ4n) is 4.87. The minimum absolute atomic E-state index is 0.106. The van der Waals surface area contributed by atoms with Crippen LogP contribution in [-0.2, 0) is 20.7 Å². The molecule has 46 heavy (non-hydrogen) atoms. The van der Waals surface area contributed by atoms with Crippen LogP contribution in [0.5, 0.6) is 0 Å². The van der Waals surface area contributed by atoms with Gasteiger partial charge in [-0.25, -0.2) is 0 Å². The maximum atomic E-state index is 4.94. The number of benzene rings is 6. The van der Waals surface area contributed by atoms with E-state index in [1.165, 1.54) is 44.7 Å². The molecule has 0 spiro atoms. The Morgan fingerprint density at radius 2 is 0.522 bits per heavy atom. The van der Waals surface area contributed by atoms with Crippen LogP contribution in [0.4, 0.5) is 0 Å². The molecule has 0 bridgehead atoms. The molecule has 0 aliphatic carbocycles. The summed E-state index contributed by atoms with van der Waals surface area (Å²) in [6, 6.07) is 64.7. The number of hydrogen-bond acceptors (Lipinski definition) is 1. The van der Waals surface area contributed by atoms with Crippen molar-refractivity contribution < 1.29 is 20.7 Å². The van der Waals surface area contributed by atoms with E-state index in [0.29, 0.717) is 0 Å². The molecule has 1 saturated heterocycles. The van der Waals surface area contributed by atoms with Gasteiger partial charge in [0.15, 0.2) is 0 Å². The van der Waals surface area contributed by atoms with Crippen LogP contribution in [-0.4, -0.2) is 13.2 Å². The molecule has 0 aromatic heterocycles. The summed E-state index contributed by atoms with van der Waals surface area (Å²) in [5.41, 5.74) is 0. The van der Waals surface area contributed by atoms with Gasteiger partial charge < -0.3 is 4.74 Å². The average Bonchev–Trinajstić information content (AvgIpc) is 3.73. The van der Waals surface area contributed by atoms with Crippen molar-refractivity contribution in [1.29, 1.82) is 0 Å². The van der Waals surface area contributed by atoms with Gasteiger partial charge in [-0.2, -0.15) is 0 Å². The third-order valence-electron chi connectivity index (χ3n) is 6.91. The fourth-order valence-corrected chi connectivity index (χ4v) is 9.48. The maximum Gasteiger partial charge on any atom is -0.0134 e. The molecule has 1 aliphatic heterocycles. The van der Waals surface area contributed by atoms with Crippen LogP contribution in [0, 0.1) is 0 Å². The van der Waals surface area contributed by atoms with Crippen molar-refractivity contribution in [3.63, 3.8) is 0 Å². The summed E-state index contributed by atoms with van der Waals surface area (Å²) in [4.78, 5) is 0. The smallest absolute Gasteiger partial charge is 0.0134 e. The van der Waals surface area contributed by atoms with E-state index in [4.69, 9.17) is 23.8 Å². The second kappa shape index (κ2) is 22.0. The van der Waals surface area contributed by atoms with Crippen molar-refractivity contribution in [2.75, 3.05) is 13.2 Å². The number of halogens is 2. The second-order valence-corrected chi connectivity index (χ2v) is 16.8. The molecule has 1 nitrogen and oxygen atoms in total. The molecule has 1 aliphatic rings. The molecule has 238 valence electrons. The minimum atomic E-state index is -0.446. The molecule has 7 rings (SSSR count). The van der Waals surface area contributed by atoms with Crippen molar-refractivity contribution in [2.24, 2.45) is 0 Å². The first-order valence-corrected chi connectivity index (χ1v) is 21.8. The van der Waals surface area contributed by atoms with Gasteiger partial charge in [0.05, 0.1) is 0 Å². The van der Waals surface area contributed by atoms with E-state index in [2.05, 4.69) is 182 Å². The van der Waals surface area contributed by atoms with Crippen LogP contribution in [0.3, 0.4) is 0 Å². The quantitative estimate of drug-likeness (QED) is 0.121. The monoisotopic (exact) mass is 772 g/mol. The molecule has 0 N–H and O–H groups in total. The third kappa shape index (κ3) is 12.2. The van der Waals surface area contributed by atoms with E-state index >= 15 is 0 Å². The van der Waals surface area contributed by atoms with Crippen molar-refractivity contribution in [1.82, 2.24) is 0 Å². The zero-order chi connectivity index (χ0) is 32.1. The Labute approximate surface area is 293 Å². The molecule has 1 heterocycles. The van der Waals surface area contributed by atoms with Crippen molar-refractivity contribution >= 4 is 66.7 Å². The second-order valence-electron chi connectivity index (χ2n) is 10.0. The van der Waals surface area contributed by atoms with Gasteiger partial charge in [0, 0.05) is 13.2 Å². The Balaban J connectivity index is 0.000000169. The molecule has 6 aromatic carbocycles. The van der Waals surface area contributed by atoms with Crippen LogP contribution in [0.25, 0.3) is 0 Å². The topological polar surface area (TPSA) is 9.23 Å². The summed E-state index contributed by atoms with van der Waals surface area (Å²) >= 11 is -0.106. The van der Waals surface area contributed by atoms with Crippen LogP contribution in [0.15, 0.2) is 182 Å². The average molecular weight is 774 g/mol. The van der Waals surface area contributed by atoms with Crippen LogP contribution >= 0.6 is 34.9 Å². The van der Waals surface area contributed by atoms with E-state index in [1.54, 1.807) is 0 Å². The summed E-state index contributed by atoms with van der Waals surface area (Å²) in [5.74, 6) is 0. The molecule has 1 fully saturated rings. The van der Waals surface area contributed by atoms with E-state index in [-0.39, 0.29) is 15.9 Å². The summed E-state index contributed by atoms with van der Waals surface area (Å²) < 4.78 is 4.94. The molecule has 0 atom stereocenters. The zero-order valence-electron chi connectivity index (χ0n) is 25.5. The Morgan fingerprint density at radius 1 is 0.348 bits per heavy atom. The predicted molar refractivity (Wildman–Crippen MR) is 202 cm³/mol. The first kappa shape index (κ1) is 36.2. The number of ether oxygens (including phenoxy) is 1. The summed E-state index contributed by atoms with van der Waals surface area (Å²) in [7, 11) is 8.74. The molecule has 0 saturated carbocycles. The van der Waals surface area contributed by atoms with E-state index in [9.17, 15) is 0 Å².